The Bertz CT molecular complexity index is 360. The summed E-state index contributed by atoms with van der Waals surface area (Å²) in [5.41, 5.74) is 0.445. The van der Waals surface area contributed by atoms with Gasteiger partial charge in [0, 0.05) is 26.7 Å². The monoisotopic (exact) mass is 301 g/mol. The molecule has 3 fully saturated rings. The lowest BCUT2D eigenvalue weighted by molar-refractivity contribution is -0.137. The fraction of sp³-hybridized carbons (Fsp3) is 0.933. The quantitative estimate of drug-likeness (QED) is 0.836. The van der Waals surface area contributed by atoms with Gasteiger partial charge in [0.25, 0.3) is 0 Å². The van der Waals surface area contributed by atoms with Crippen molar-refractivity contribution in [2.45, 2.75) is 32.6 Å². The number of carbonyl (C=O) groups excluding carboxylic acids is 1. The van der Waals surface area contributed by atoms with Crippen molar-refractivity contribution in [3.8, 4) is 0 Å². The number of piperidine rings is 1. The number of carbonyl (C=O) groups is 1. The summed E-state index contributed by atoms with van der Waals surface area (Å²) in [5, 5.41) is 3.48. The Morgan fingerprint density at radius 1 is 1.15 bits per heavy atom. The highest BCUT2D eigenvalue weighted by atomic mass is 35.5. The molecular formula is C15H28ClN3O. The average molecular weight is 302 g/mol. The van der Waals surface area contributed by atoms with E-state index in [1.165, 1.54) is 13.0 Å². The largest absolute Gasteiger partial charge is 0.345 e. The molecule has 20 heavy (non-hydrogen) atoms. The molecule has 0 saturated carbocycles. The number of nitrogens with zero attached hydrogens (tertiary/aromatic N) is 2. The van der Waals surface area contributed by atoms with Crippen LogP contribution in [-0.2, 0) is 4.79 Å². The fourth-order valence-electron chi connectivity index (χ4n) is 4.14. The summed E-state index contributed by atoms with van der Waals surface area (Å²) in [6.45, 7) is 9.07. The SMILES string of the molecule is CN1CCC2(CCN(CC3(C)CCNC3)CC2)C1=O.Cl. The molecule has 1 spiro atoms. The van der Waals surface area contributed by atoms with Crippen LogP contribution in [0.15, 0.2) is 0 Å². The zero-order chi connectivity index (χ0) is 13.5. The van der Waals surface area contributed by atoms with Gasteiger partial charge in [-0.3, -0.25) is 4.79 Å². The number of likely N-dealkylation sites (tertiary alicyclic amines) is 2. The Hall–Kier alpha value is -0.320. The molecule has 0 bridgehead atoms. The topological polar surface area (TPSA) is 35.6 Å². The number of rotatable bonds is 2. The molecule has 1 unspecified atom stereocenters. The maximum Gasteiger partial charge on any atom is 0.228 e. The Balaban J connectivity index is 0.00000147. The third-order valence-electron chi connectivity index (χ3n) is 5.60. The fourth-order valence-corrected chi connectivity index (χ4v) is 4.14. The number of hydrogen-bond donors (Lipinski definition) is 1. The molecule has 0 aromatic rings. The van der Waals surface area contributed by atoms with Crippen molar-refractivity contribution in [3.05, 3.63) is 0 Å². The van der Waals surface area contributed by atoms with Crippen molar-refractivity contribution < 1.29 is 4.79 Å². The highest BCUT2D eigenvalue weighted by Crippen LogP contribution is 2.41. The molecule has 0 radical (unpaired) electrons. The summed E-state index contributed by atoms with van der Waals surface area (Å²) in [4.78, 5) is 16.8. The van der Waals surface area contributed by atoms with Crippen molar-refractivity contribution in [1.29, 1.82) is 0 Å². The van der Waals surface area contributed by atoms with Crippen LogP contribution >= 0.6 is 12.4 Å². The van der Waals surface area contributed by atoms with E-state index < -0.39 is 0 Å². The molecule has 1 amide bonds. The highest BCUT2D eigenvalue weighted by Gasteiger charge is 2.47. The van der Waals surface area contributed by atoms with Gasteiger partial charge in [-0.2, -0.15) is 0 Å². The Morgan fingerprint density at radius 2 is 1.80 bits per heavy atom. The van der Waals surface area contributed by atoms with Crippen LogP contribution in [0.5, 0.6) is 0 Å². The van der Waals surface area contributed by atoms with E-state index in [1.54, 1.807) is 0 Å². The first-order valence-electron chi connectivity index (χ1n) is 7.72. The van der Waals surface area contributed by atoms with Crippen LogP contribution < -0.4 is 5.32 Å². The van der Waals surface area contributed by atoms with Gasteiger partial charge in [0.15, 0.2) is 0 Å². The van der Waals surface area contributed by atoms with E-state index in [2.05, 4.69) is 17.1 Å². The van der Waals surface area contributed by atoms with Gasteiger partial charge in [-0.15, -0.1) is 12.4 Å². The Morgan fingerprint density at radius 3 is 2.30 bits per heavy atom. The van der Waals surface area contributed by atoms with E-state index in [0.717, 1.165) is 52.0 Å². The van der Waals surface area contributed by atoms with Crippen LogP contribution in [0.2, 0.25) is 0 Å². The van der Waals surface area contributed by atoms with Gasteiger partial charge in [-0.25, -0.2) is 0 Å². The molecule has 0 aromatic carbocycles. The van der Waals surface area contributed by atoms with Crippen LogP contribution in [0.25, 0.3) is 0 Å². The first-order chi connectivity index (χ1) is 9.03. The molecule has 5 heteroatoms. The van der Waals surface area contributed by atoms with Gasteiger partial charge in [0.1, 0.15) is 0 Å². The van der Waals surface area contributed by atoms with Crippen molar-refractivity contribution in [2.24, 2.45) is 10.8 Å². The smallest absolute Gasteiger partial charge is 0.228 e. The maximum atomic E-state index is 12.3. The first-order valence-corrected chi connectivity index (χ1v) is 7.72. The second-order valence-electron chi connectivity index (χ2n) is 7.27. The first kappa shape index (κ1) is 16.1. The van der Waals surface area contributed by atoms with E-state index in [0.29, 0.717) is 11.3 Å². The van der Waals surface area contributed by atoms with Crippen LogP contribution in [0, 0.1) is 10.8 Å². The standard InChI is InChI=1S/C15H27N3O.ClH/c1-14(3-7-16-11-14)12-18-9-5-15(6-10-18)4-8-17(2)13(15)19;/h16H,3-12H2,1-2H3;1H. The van der Waals surface area contributed by atoms with Gasteiger partial charge in [-0.1, -0.05) is 6.92 Å². The number of nitrogens with one attached hydrogen (secondary N) is 1. The van der Waals surface area contributed by atoms with Gasteiger partial charge in [-0.05, 0) is 50.7 Å². The van der Waals surface area contributed by atoms with Crippen LogP contribution in [0.1, 0.15) is 32.6 Å². The van der Waals surface area contributed by atoms with Gasteiger partial charge >= 0.3 is 0 Å². The van der Waals surface area contributed by atoms with Crippen LogP contribution in [0.3, 0.4) is 0 Å². The zero-order valence-electron chi connectivity index (χ0n) is 12.8. The lowest BCUT2D eigenvalue weighted by atomic mass is 9.76. The van der Waals surface area contributed by atoms with E-state index in [-0.39, 0.29) is 17.8 Å². The molecule has 1 N–H and O–H groups in total. The molecule has 0 aromatic heterocycles. The molecule has 3 saturated heterocycles. The molecule has 116 valence electrons. The lowest BCUT2D eigenvalue weighted by Crippen LogP contribution is -2.47. The molecular weight excluding hydrogens is 274 g/mol. The minimum atomic E-state index is 0. The number of halogens is 1. The molecule has 1 atom stereocenters. The van der Waals surface area contributed by atoms with Crippen LogP contribution in [-0.4, -0.2) is 62.0 Å². The predicted octanol–water partition coefficient (Wildman–Crippen LogP) is 1.35. The lowest BCUT2D eigenvalue weighted by Gasteiger charge is -2.40. The van der Waals surface area contributed by atoms with Crippen molar-refractivity contribution in [3.63, 3.8) is 0 Å². The minimum absolute atomic E-state index is 0. The molecule has 3 rings (SSSR count). The Kier molecular flexibility index (Phi) is 4.67. The van der Waals surface area contributed by atoms with E-state index >= 15 is 0 Å². The highest BCUT2D eigenvalue weighted by molar-refractivity contribution is 5.85. The third-order valence-corrected chi connectivity index (χ3v) is 5.60. The summed E-state index contributed by atoms with van der Waals surface area (Å²) in [5.74, 6) is 0.404. The molecule has 0 aliphatic carbocycles. The normalized spacial score (nSPS) is 33.7. The minimum Gasteiger partial charge on any atom is -0.345 e. The molecule has 3 aliphatic heterocycles. The predicted molar refractivity (Wildman–Crippen MR) is 83.2 cm³/mol. The zero-order valence-corrected chi connectivity index (χ0v) is 13.6. The van der Waals surface area contributed by atoms with Crippen molar-refractivity contribution in [1.82, 2.24) is 15.1 Å². The third kappa shape index (κ3) is 2.83. The molecule has 3 heterocycles. The summed E-state index contributed by atoms with van der Waals surface area (Å²) < 4.78 is 0. The number of hydrogen-bond acceptors (Lipinski definition) is 3. The van der Waals surface area contributed by atoms with Gasteiger partial charge in [0.05, 0.1) is 5.41 Å². The molecule has 3 aliphatic rings. The number of amides is 1. The Labute approximate surface area is 128 Å². The maximum absolute atomic E-state index is 12.3. The summed E-state index contributed by atoms with van der Waals surface area (Å²) >= 11 is 0. The summed E-state index contributed by atoms with van der Waals surface area (Å²) in [6.07, 6.45) is 4.50. The van der Waals surface area contributed by atoms with E-state index in [4.69, 9.17) is 0 Å². The second kappa shape index (κ2) is 5.82. The van der Waals surface area contributed by atoms with Gasteiger partial charge < -0.3 is 15.1 Å². The van der Waals surface area contributed by atoms with Crippen molar-refractivity contribution in [2.75, 3.05) is 46.3 Å². The van der Waals surface area contributed by atoms with E-state index in [1.807, 2.05) is 11.9 Å². The molecule has 4 nitrogen and oxygen atoms in total. The van der Waals surface area contributed by atoms with Crippen LogP contribution in [0.4, 0.5) is 0 Å². The summed E-state index contributed by atoms with van der Waals surface area (Å²) in [7, 11) is 1.95. The van der Waals surface area contributed by atoms with E-state index in [9.17, 15) is 4.79 Å². The summed E-state index contributed by atoms with van der Waals surface area (Å²) in [6, 6.07) is 0. The second-order valence-corrected chi connectivity index (χ2v) is 7.27. The van der Waals surface area contributed by atoms with Gasteiger partial charge in [0.2, 0.25) is 5.91 Å². The average Bonchev–Trinajstić information content (AvgIpc) is 2.93. The van der Waals surface area contributed by atoms with Crippen molar-refractivity contribution >= 4 is 18.3 Å².